The third kappa shape index (κ3) is 3.57. The van der Waals surface area contributed by atoms with E-state index in [2.05, 4.69) is 10.3 Å². The van der Waals surface area contributed by atoms with Crippen LogP contribution >= 0.6 is 11.6 Å². The van der Waals surface area contributed by atoms with Crippen LogP contribution in [0.1, 0.15) is 23.0 Å². The van der Waals surface area contributed by atoms with Gasteiger partial charge < -0.3 is 20.1 Å². The Hall–Kier alpha value is -3.32. The summed E-state index contributed by atoms with van der Waals surface area (Å²) < 4.78 is 5.07. The van der Waals surface area contributed by atoms with Gasteiger partial charge in [0.2, 0.25) is 0 Å². The summed E-state index contributed by atoms with van der Waals surface area (Å²) in [4.78, 5) is 39.4. The van der Waals surface area contributed by atoms with E-state index in [1.807, 2.05) is 0 Å². The largest absolute Gasteiger partial charge is 0.497 e. The number of rotatable bonds is 5. The highest BCUT2D eigenvalue weighted by molar-refractivity contribution is 6.31. The van der Waals surface area contributed by atoms with Gasteiger partial charge in [-0.25, -0.2) is 4.79 Å². The summed E-state index contributed by atoms with van der Waals surface area (Å²) in [5, 5.41) is 13.5. The number of fused-ring (bicyclic) bond motifs is 1. The standard InChI is InChI=1S/C20H17ClN2O5/c1-20(19(26)27,12-4-7-14(28-2)8-5-12)23-18(25)16-9-11-3-6-13(21)10-15(11)17(24)22-16/h3-10H,1-2H3,(H,22,24)(H,23,25)(H,26,27). The zero-order valence-electron chi connectivity index (χ0n) is 15.1. The molecular weight excluding hydrogens is 384 g/mol. The van der Waals surface area contributed by atoms with Gasteiger partial charge in [-0.1, -0.05) is 29.8 Å². The topological polar surface area (TPSA) is 108 Å². The zero-order chi connectivity index (χ0) is 20.5. The highest BCUT2D eigenvalue weighted by Gasteiger charge is 2.37. The third-order valence-electron chi connectivity index (χ3n) is 4.51. The van der Waals surface area contributed by atoms with Gasteiger partial charge in [-0.15, -0.1) is 0 Å². The normalized spacial score (nSPS) is 13.0. The molecule has 1 unspecified atom stereocenters. The Bertz CT molecular complexity index is 1120. The van der Waals surface area contributed by atoms with E-state index in [1.54, 1.807) is 36.4 Å². The van der Waals surface area contributed by atoms with Crippen molar-refractivity contribution in [1.29, 1.82) is 0 Å². The molecule has 0 saturated heterocycles. The summed E-state index contributed by atoms with van der Waals surface area (Å²) in [5.41, 5.74) is -1.91. The first-order valence-electron chi connectivity index (χ1n) is 8.27. The summed E-state index contributed by atoms with van der Waals surface area (Å²) in [7, 11) is 1.50. The van der Waals surface area contributed by atoms with Crippen molar-refractivity contribution < 1.29 is 19.4 Å². The summed E-state index contributed by atoms with van der Waals surface area (Å²) in [6.45, 7) is 1.37. The number of aromatic nitrogens is 1. The lowest BCUT2D eigenvalue weighted by atomic mass is 9.91. The van der Waals surface area contributed by atoms with Crippen molar-refractivity contribution in [1.82, 2.24) is 10.3 Å². The summed E-state index contributed by atoms with van der Waals surface area (Å²) in [5.74, 6) is -1.42. The van der Waals surface area contributed by atoms with E-state index >= 15 is 0 Å². The van der Waals surface area contributed by atoms with Crippen LogP contribution in [0.3, 0.4) is 0 Å². The van der Waals surface area contributed by atoms with Crippen molar-refractivity contribution in [3.05, 3.63) is 75.2 Å². The molecule has 0 radical (unpaired) electrons. The number of amides is 1. The van der Waals surface area contributed by atoms with Gasteiger partial charge in [0.25, 0.3) is 11.5 Å². The van der Waals surface area contributed by atoms with Crippen LogP contribution in [-0.2, 0) is 10.3 Å². The fourth-order valence-corrected chi connectivity index (χ4v) is 2.99. The Balaban J connectivity index is 1.98. The van der Waals surface area contributed by atoms with E-state index < -0.39 is 23.0 Å². The molecule has 2 aromatic carbocycles. The molecule has 7 nitrogen and oxygen atoms in total. The van der Waals surface area contributed by atoms with E-state index in [4.69, 9.17) is 16.3 Å². The van der Waals surface area contributed by atoms with E-state index in [-0.39, 0.29) is 5.69 Å². The second-order valence-corrected chi connectivity index (χ2v) is 6.79. The van der Waals surface area contributed by atoms with E-state index in [1.165, 1.54) is 26.2 Å². The first-order chi connectivity index (χ1) is 13.2. The molecule has 0 spiro atoms. The average Bonchev–Trinajstić information content (AvgIpc) is 2.68. The maximum absolute atomic E-state index is 12.7. The SMILES string of the molecule is COc1ccc(C(C)(NC(=O)c2cc3ccc(Cl)cc3c(=O)[nH]2)C(=O)O)cc1. The van der Waals surface area contributed by atoms with Gasteiger partial charge in [0.15, 0.2) is 5.54 Å². The number of pyridine rings is 1. The predicted molar refractivity (Wildman–Crippen MR) is 105 cm³/mol. The number of hydrogen-bond donors (Lipinski definition) is 3. The van der Waals surface area contributed by atoms with Crippen LogP contribution in [0.15, 0.2) is 53.3 Å². The summed E-state index contributed by atoms with van der Waals surface area (Å²) in [6, 6.07) is 12.5. The number of ether oxygens (including phenoxy) is 1. The molecule has 0 fully saturated rings. The van der Waals surface area contributed by atoms with Gasteiger partial charge in [0.05, 0.1) is 7.11 Å². The van der Waals surface area contributed by atoms with E-state index in [9.17, 15) is 19.5 Å². The molecule has 8 heteroatoms. The zero-order valence-corrected chi connectivity index (χ0v) is 15.8. The number of hydrogen-bond acceptors (Lipinski definition) is 4. The molecule has 28 heavy (non-hydrogen) atoms. The number of carbonyl (C=O) groups excluding carboxylic acids is 1. The molecule has 0 bridgehead atoms. The Kier molecular flexibility index (Phi) is 5.11. The highest BCUT2D eigenvalue weighted by atomic mass is 35.5. The molecule has 1 atom stereocenters. The Labute approximate surface area is 164 Å². The fraction of sp³-hybridized carbons (Fsp3) is 0.150. The lowest BCUT2D eigenvalue weighted by Gasteiger charge is -2.27. The molecule has 1 heterocycles. The monoisotopic (exact) mass is 400 g/mol. The lowest BCUT2D eigenvalue weighted by Crippen LogP contribution is -2.50. The molecule has 0 aliphatic carbocycles. The number of aliphatic carboxylic acids is 1. The first-order valence-corrected chi connectivity index (χ1v) is 8.65. The fourth-order valence-electron chi connectivity index (χ4n) is 2.82. The number of aromatic amines is 1. The smallest absolute Gasteiger partial charge is 0.333 e. The summed E-state index contributed by atoms with van der Waals surface area (Å²) in [6.07, 6.45) is 0. The van der Waals surface area contributed by atoms with Crippen molar-refractivity contribution in [3.63, 3.8) is 0 Å². The Morgan fingerprint density at radius 2 is 1.82 bits per heavy atom. The van der Waals surface area contributed by atoms with Crippen LogP contribution in [0.25, 0.3) is 10.8 Å². The number of carboxylic acids is 1. The number of H-pyrrole nitrogens is 1. The minimum Gasteiger partial charge on any atom is -0.497 e. The predicted octanol–water partition coefficient (Wildman–Crippen LogP) is 2.92. The average molecular weight is 401 g/mol. The number of benzene rings is 2. The minimum absolute atomic E-state index is 0.0548. The molecule has 3 aromatic rings. The van der Waals surface area contributed by atoms with Gasteiger partial charge in [-0.2, -0.15) is 0 Å². The van der Waals surface area contributed by atoms with E-state index in [0.29, 0.717) is 27.1 Å². The number of carbonyl (C=O) groups is 2. The van der Waals surface area contributed by atoms with Crippen LogP contribution in [0, 0.1) is 0 Å². The van der Waals surface area contributed by atoms with Gasteiger partial charge in [0, 0.05) is 10.4 Å². The van der Waals surface area contributed by atoms with Crippen LogP contribution in [0.2, 0.25) is 5.02 Å². The quantitative estimate of drug-likeness (QED) is 0.610. The van der Waals surface area contributed by atoms with Gasteiger partial charge in [-0.05, 0) is 48.2 Å². The molecule has 0 saturated carbocycles. The van der Waals surface area contributed by atoms with Crippen molar-refractivity contribution in [3.8, 4) is 5.75 Å². The van der Waals surface area contributed by atoms with Crippen LogP contribution < -0.4 is 15.6 Å². The second kappa shape index (κ2) is 7.36. The van der Waals surface area contributed by atoms with Crippen LogP contribution in [0.4, 0.5) is 0 Å². The third-order valence-corrected chi connectivity index (χ3v) is 4.75. The van der Waals surface area contributed by atoms with Crippen molar-refractivity contribution in [2.24, 2.45) is 0 Å². The number of halogens is 1. The molecule has 1 amide bonds. The molecule has 0 aliphatic heterocycles. The number of methoxy groups -OCH3 is 1. The van der Waals surface area contributed by atoms with Gasteiger partial charge in [0.1, 0.15) is 11.4 Å². The molecular formula is C20H17ClN2O5. The molecule has 1 aromatic heterocycles. The second-order valence-electron chi connectivity index (χ2n) is 6.36. The summed E-state index contributed by atoms with van der Waals surface area (Å²) >= 11 is 5.90. The van der Waals surface area contributed by atoms with Crippen molar-refractivity contribution >= 4 is 34.2 Å². The maximum atomic E-state index is 12.7. The van der Waals surface area contributed by atoms with Crippen molar-refractivity contribution in [2.75, 3.05) is 7.11 Å². The Morgan fingerprint density at radius 3 is 2.43 bits per heavy atom. The van der Waals surface area contributed by atoms with Gasteiger partial charge >= 0.3 is 5.97 Å². The molecule has 3 N–H and O–H groups in total. The van der Waals surface area contributed by atoms with Crippen LogP contribution in [0.5, 0.6) is 5.75 Å². The Morgan fingerprint density at radius 1 is 1.14 bits per heavy atom. The molecule has 0 aliphatic rings. The highest BCUT2D eigenvalue weighted by Crippen LogP contribution is 2.24. The minimum atomic E-state index is -1.71. The molecule has 144 valence electrons. The van der Waals surface area contributed by atoms with Gasteiger partial charge in [-0.3, -0.25) is 9.59 Å². The lowest BCUT2D eigenvalue weighted by molar-refractivity contribution is -0.144. The van der Waals surface area contributed by atoms with Crippen LogP contribution in [-0.4, -0.2) is 29.1 Å². The van der Waals surface area contributed by atoms with Crippen molar-refractivity contribution in [2.45, 2.75) is 12.5 Å². The first kappa shape index (κ1) is 19.4. The molecule has 3 rings (SSSR count). The number of nitrogens with one attached hydrogen (secondary N) is 2. The number of carboxylic acid groups (broad SMARTS) is 1. The maximum Gasteiger partial charge on any atom is 0.333 e. The van der Waals surface area contributed by atoms with E-state index in [0.717, 1.165) is 0 Å².